The number of hydrogen-bond acceptors (Lipinski definition) is 0. The third kappa shape index (κ3) is 3.13. The molecule has 0 amide bonds. The molecule has 0 bridgehead atoms. The van der Waals surface area contributed by atoms with Crippen LogP contribution < -0.4 is 0 Å². The van der Waals surface area contributed by atoms with Gasteiger partial charge in [0.1, 0.15) is 5.16 Å². The van der Waals surface area contributed by atoms with Gasteiger partial charge in [0.15, 0.2) is 0 Å². The quantitative estimate of drug-likeness (QED) is 0.447. The zero-order valence-corrected chi connectivity index (χ0v) is 19.5. The maximum absolute atomic E-state index is 2.52. The van der Waals surface area contributed by atoms with E-state index < -0.39 is 7.92 Å². The second-order valence-electron chi connectivity index (χ2n) is 9.93. The highest BCUT2D eigenvalue weighted by molar-refractivity contribution is 7.60. The van der Waals surface area contributed by atoms with Crippen molar-refractivity contribution in [2.45, 2.75) is 101 Å². The number of fused-ring (bicyclic) bond motifs is 3. The SMILES string of the molecule is CCC1([PH+](C2CCCCC2)C2CCCCC2)c2ccccc2-c2cccc(C)c21. The molecule has 0 N–H and O–H groups in total. The summed E-state index contributed by atoms with van der Waals surface area (Å²) < 4.78 is 0. The molecule has 2 aromatic rings. The Hall–Kier alpha value is -1.13. The number of hydrogen-bond donors (Lipinski definition) is 0. The van der Waals surface area contributed by atoms with Gasteiger partial charge >= 0.3 is 0 Å². The van der Waals surface area contributed by atoms with Crippen LogP contribution in [0.15, 0.2) is 42.5 Å². The van der Waals surface area contributed by atoms with Gasteiger partial charge in [-0.3, -0.25) is 0 Å². The van der Waals surface area contributed by atoms with E-state index in [1.807, 2.05) is 0 Å². The van der Waals surface area contributed by atoms with E-state index in [2.05, 4.69) is 56.3 Å². The van der Waals surface area contributed by atoms with Crippen LogP contribution in [0.1, 0.15) is 94.2 Å². The van der Waals surface area contributed by atoms with Crippen LogP contribution in [-0.2, 0) is 5.16 Å². The minimum atomic E-state index is -0.579. The largest absolute Gasteiger partial charge is 0.129 e. The Morgan fingerprint density at radius 3 is 1.97 bits per heavy atom. The number of aryl methyl sites for hydroxylation is 1. The highest BCUT2D eigenvalue weighted by Crippen LogP contribution is 2.74. The molecule has 3 aliphatic carbocycles. The topological polar surface area (TPSA) is 0 Å². The van der Waals surface area contributed by atoms with Crippen molar-refractivity contribution < 1.29 is 0 Å². The Balaban J connectivity index is 1.74. The molecular formula is C28H38P+. The lowest BCUT2D eigenvalue weighted by atomic mass is 9.90. The summed E-state index contributed by atoms with van der Waals surface area (Å²) in [7, 11) is -0.579. The monoisotopic (exact) mass is 405 g/mol. The van der Waals surface area contributed by atoms with Crippen LogP contribution in [0, 0.1) is 6.92 Å². The lowest BCUT2D eigenvalue weighted by molar-refractivity contribution is 0.473. The van der Waals surface area contributed by atoms with Crippen LogP contribution in [-0.4, -0.2) is 11.3 Å². The molecule has 0 aromatic heterocycles. The fourth-order valence-electron chi connectivity index (χ4n) is 7.41. The standard InChI is InChI=1S/C28H37P/c1-3-28(29(22-14-6-4-7-15-22)23-16-8-5-9-17-23)26-20-11-10-18-24(26)25-19-12-13-21(2)27(25)28/h10-13,18-20,22-23H,3-9,14-17H2,1-2H3/p+1. The van der Waals surface area contributed by atoms with Crippen molar-refractivity contribution in [3.05, 3.63) is 59.2 Å². The molecule has 29 heavy (non-hydrogen) atoms. The van der Waals surface area contributed by atoms with Crippen molar-refractivity contribution in [3.8, 4) is 11.1 Å². The van der Waals surface area contributed by atoms with Gasteiger partial charge < -0.3 is 0 Å². The predicted octanol–water partition coefficient (Wildman–Crippen LogP) is 8.51. The van der Waals surface area contributed by atoms with Gasteiger partial charge in [-0.25, -0.2) is 0 Å². The molecule has 0 heterocycles. The summed E-state index contributed by atoms with van der Waals surface area (Å²) in [4.78, 5) is 0. The van der Waals surface area contributed by atoms with Gasteiger partial charge in [0.05, 0.1) is 11.3 Å². The first-order chi connectivity index (χ1) is 14.3. The van der Waals surface area contributed by atoms with Gasteiger partial charge in [0.2, 0.25) is 0 Å². The average molecular weight is 406 g/mol. The average Bonchev–Trinajstić information content (AvgIpc) is 3.08. The normalized spacial score (nSPS) is 25.2. The molecule has 1 heteroatoms. The predicted molar refractivity (Wildman–Crippen MR) is 130 cm³/mol. The van der Waals surface area contributed by atoms with E-state index in [4.69, 9.17) is 0 Å². The summed E-state index contributed by atoms with van der Waals surface area (Å²) in [5.74, 6) is 0. The third-order valence-corrected chi connectivity index (χ3v) is 13.3. The molecule has 1 atom stereocenters. The van der Waals surface area contributed by atoms with Crippen LogP contribution in [0.2, 0.25) is 0 Å². The molecule has 0 spiro atoms. The summed E-state index contributed by atoms with van der Waals surface area (Å²) in [6.45, 7) is 4.92. The van der Waals surface area contributed by atoms with Crippen LogP contribution in [0.4, 0.5) is 0 Å². The minimum Gasteiger partial charge on any atom is -0.0618 e. The lowest BCUT2D eigenvalue weighted by Gasteiger charge is -2.44. The minimum absolute atomic E-state index is 0.325. The zero-order chi connectivity index (χ0) is 19.8. The number of rotatable bonds is 4. The van der Waals surface area contributed by atoms with Gasteiger partial charge in [0, 0.05) is 19.0 Å². The fraction of sp³-hybridized carbons (Fsp3) is 0.571. The van der Waals surface area contributed by atoms with E-state index in [-0.39, 0.29) is 0 Å². The summed E-state index contributed by atoms with van der Waals surface area (Å²) >= 11 is 0. The van der Waals surface area contributed by atoms with E-state index in [9.17, 15) is 0 Å². The highest BCUT2D eigenvalue weighted by Gasteiger charge is 2.58. The molecule has 5 rings (SSSR count). The molecule has 2 saturated carbocycles. The van der Waals surface area contributed by atoms with Crippen LogP contribution in [0.5, 0.6) is 0 Å². The summed E-state index contributed by atoms with van der Waals surface area (Å²) in [5, 5.41) is 0.325. The first-order valence-corrected chi connectivity index (χ1v) is 14.0. The van der Waals surface area contributed by atoms with Crippen LogP contribution >= 0.6 is 7.92 Å². The molecule has 2 aromatic carbocycles. The van der Waals surface area contributed by atoms with E-state index >= 15 is 0 Å². The number of benzene rings is 2. The highest BCUT2D eigenvalue weighted by atomic mass is 31.1. The lowest BCUT2D eigenvalue weighted by Crippen LogP contribution is -2.34. The van der Waals surface area contributed by atoms with Crippen molar-refractivity contribution >= 4 is 7.92 Å². The van der Waals surface area contributed by atoms with Gasteiger partial charge in [-0.2, -0.15) is 0 Å². The molecule has 0 nitrogen and oxygen atoms in total. The molecule has 1 unspecified atom stereocenters. The summed E-state index contributed by atoms with van der Waals surface area (Å²) in [6.07, 6.45) is 16.2. The first kappa shape index (κ1) is 19.8. The molecule has 0 saturated heterocycles. The van der Waals surface area contributed by atoms with Gasteiger partial charge in [0.25, 0.3) is 0 Å². The van der Waals surface area contributed by atoms with E-state index in [0.717, 1.165) is 11.3 Å². The second-order valence-corrected chi connectivity index (χ2v) is 13.3. The van der Waals surface area contributed by atoms with E-state index in [0.29, 0.717) is 5.16 Å². The van der Waals surface area contributed by atoms with Gasteiger partial charge in [-0.1, -0.05) is 62.2 Å². The maximum Gasteiger partial charge on any atom is 0.129 e. The summed E-state index contributed by atoms with van der Waals surface area (Å²) in [5.41, 5.74) is 10.1. The molecule has 0 radical (unpaired) electrons. The van der Waals surface area contributed by atoms with Crippen LogP contribution in [0.3, 0.4) is 0 Å². The Labute approximate surface area is 179 Å². The van der Waals surface area contributed by atoms with Crippen molar-refractivity contribution in [1.29, 1.82) is 0 Å². The van der Waals surface area contributed by atoms with E-state index in [1.54, 1.807) is 27.8 Å². The molecule has 2 fully saturated rings. The third-order valence-electron chi connectivity index (χ3n) is 8.49. The Morgan fingerprint density at radius 2 is 1.34 bits per heavy atom. The van der Waals surface area contributed by atoms with Gasteiger partial charge in [-0.05, 0) is 81.4 Å². The van der Waals surface area contributed by atoms with Crippen molar-refractivity contribution in [2.75, 3.05) is 0 Å². The van der Waals surface area contributed by atoms with Crippen molar-refractivity contribution in [1.82, 2.24) is 0 Å². The van der Waals surface area contributed by atoms with Crippen LogP contribution in [0.25, 0.3) is 11.1 Å². The first-order valence-electron chi connectivity index (χ1n) is 12.3. The molecule has 3 aliphatic rings. The summed E-state index contributed by atoms with van der Waals surface area (Å²) in [6, 6.07) is 16.7. The fourth-order valence-corrected chi connectivity index (χ4v) is 13.1. The Morgan fingerprint density at radius 1 is 0.759 bits per heavy atom. The molecule has 0 aliphatic heterocycles. The smallest absolute Gasteiger partial charge is 0.0618 e. The van der Waals surface area contributed by atoms with Crippen molar-refractivity contribution in [2.24, 2.45) is 0 Å². The molecular weight excluding hydrogens is 367 g/mol. The maximum atomic E-state index is 2.52. The molecule has 154 valence electrons. The Kier molecular flexibility index (Phi) is 5.59. The zero-order valence-electron chi connectivity index (χ0n) is 18.5. The van der Waals surface area contributed by atoms with Crippen molar-refractivity contribution in [3.63, 3.8) is 0 Å². The van der Waals surface area contributed by atoms with Gasteiger partial charge in [-0.15, -0.1) is 0 Å². The Bertz CT molecular complexity index is 838. The van der Waals surface area contributed by atoms with E-state index in [1.165, 1.54) is 70.6 Å². The second kappa shape index (κ2) is 8.19.